The zero-order valence-electron chi connectivity index (χ0n) is 8.22. The molecule has 1 aliphatic rings. The second-order valence-corrected chi connectivity index (χ2v) is 3.56. The van der Waals surface area contributed by atoms with Crippen molar-refractivity contribution in [3.8, 4) is 0 Å². The molecule has 0 amide bonds. The summed E-state index contributed by atoms with van der Waals surface area (Å²) in [5, 5.41) is 4.31. The Morgan fingerprint density at radius 2 is 2.57 bits per heavy atom. The van der Waals surface area contributed by atoms with Crippen LogP contribution in [0.1, 0.15) is 18.7 Å². The van der Waals surface area contributed by atoms with E-state index >= 15 is 0 Å². The SMILES string of the molecule is NCCc1ncn(CC2CCCO2)n1. The fraction of sp³-hybridized carbons (Fsp3) is 0.778. The molecular weight excluding hydrogens is 180 g/mol. The van der Waals surface area contributed by atoms with Crippen molar-refractivity contribution in [2.24, 2.45) is 5.73 Å². The first-order valence-corrected chi connectivity index (χ1v) is 5.08. The third-order valence-corrected chi connectivity index (χ3v) is 2.37. The average Bonchev–Trinajstić information content (AvgIpc) is 2.79. The van der Waals surface area contributed by atoms with Crippen LogP contribution in [0.5, 0.6) is 0 Å². The summed E-state index contributed by atoms with van der Waals surface area (Å²) in [6, 6.07) is 0. The molecule has 1 atom stereocenters. The molecular formula is C9H16N4O. The van der Waals surface area contributed by atoms with Crippen LogP contribution in [-0.2, 0) is 17.7 Å². The van der Waals surface area contributed by atoms with Crippen molar-refractivity contribution in [2.45, 2.75) is 31.9 Å². The number of rotatable bonds is 4. The highest BCUT2D eigenvalue weighted by Gasteiger charge is 2.16. The molecule has 1 aromatic rings. The van der Waals surface area contributed by atoms with Gasteiger partial charge in [-0.15, -0.1) is 0 Å². The highest BCUT2D eigenvalue weighted by atomic mass is 16.5. The lowest BCUT2D eigenvalue weighted by atomic mass is 10.2. The molecule has 2 N–H and O–H groups in total. The molecule has 1 aromatic heterocycles. The van der Waals surface area contributed by atoms with Gasteiger partial charge in [-0.25, -0.2) is 4.98 Å². The fourth-order valence-corrected chi connectivity index (χ4v) is 1.66. The topological polar surface area (TPSA) is 66.0 Å². The summed E-state index contributed by atoms with van der Waals surface area (Å²) < 4.78 is 7.36. The molecule has 14 heavy (non-hydrogen) atoms. The van der Waals surface area contributed by atoms with Crippen LogP contribution in [0.15, 0.2) is 6.33 Å². The number of ether oxygens (including phenoxy) is 1. The zero-order chi connectivity index (χ0) is 9.80. The van der Waals surface area contributed by atoms with E-state index in [9.17, 15) is 0 Å². The Hall–Kier alpha value is -0.940. The molecule has 2 heterocycles. The van der Waals surface area contributed by atoms with E-state index in [1.165, 1.54) is 0 Å². The zero-order valence-corrected chi connectivity index (χ0v) is 8.22. The minimum absolute atomic E-state index is 0.322. The van der Waals surface area contributed by atoms with E-state index in [0.29, 0.717) is 12.6 Å². The molecule has 0 aromatic carbocycles. The van der Waals surface area contributed by atoms with E-state index in [4.69, 9.17) is 10.5 Å². The summed E-state index contributed by atoms with van der Waals surface area (Å²) in [6.45, 7) is 2.30. The first kappa shape index (κ1) is 9.61. The van der Waals surface area contributed by atoms with E-state index < -0.39 is 0 Å². The van der Waals surface area contributed by atoms with E-state index in [1.54, 1.807) is 6.33 Å². The molecule has 0 aliphatic carbocycles. The van der Waals surface area contributed by atoms with Crippen molar-refractivity contribution in [1.29, 1.82) is 0 Å². The van der Waals surface area contributed by atoms with Crippen LogP contribution in [0.25, 0.3) is 0 Å². The molecule has 1 aliphatic heterocycles. The fourth-order valence-electron chi connectivity index (χ4n) is 1.66. The average molecular weight is 196 g/mol. The molecule has 2 rings (SSSR count). The predicted octanol–water partition coefficient (Wildman–Crippen LogP) is -0.0417. The molecule has 1 unspecified atom stereocenters. The molecule has 5 heteroatoms. The van der Waals surface area contributed by atoms with Gasteiger partial charge in [0.2, 0.25) is 0 Å². The molecule has 78 valence electrons. The van der Waals surface area contributed by atoms with Crippen molar-refractivity contribution < 1.29 is 4.74 Å². The normalized spacial score (nSPS) is 21.6. The Kier molecular flexibility index (Phi) is 3.10. The first-order chi connectivity index (χ1) is 6.88. The van der Waals surface area contributed by atoms with Crippen LogP contribution < -0.4 is 5.73 Å². The van der Waals surface area contributed by atoms with Crippen LogP contribution in [0, 0.1) is 0 Å². The first-order valence-electron chi connectivity index (χ1n) is 5.08. The van der Waals surface area contributed by atoms with Crippen molar-refractivity contribution >= 4 is 0 Å². The molecule has 1 fully saturated rings. The quantitative estimate of drug-likeness (QED) is 0.733. The van der Waals surface area contributed by atoms with Gasteiger partial charge in [0.1, 0.15) is 6.33 Å². The van der Waals surface area contributed by atoms with Gasteiger partial charge in [-0.2, -0.15) is 5.10 Å². The Balaban J connectivity index is 1.88. The van der Waals surface area contributed by atoms with E-state index in [2.05, 4.69) is 10.1 Å². The number of nitrogens with zero attached hydrogens (tertiary/aromatic N) is 3. The van der Waals surface area contributed by atoms with Gasteiger partial charge in [-0.1, -0.05) is 0 Å². The monoisotopic (exact) mass is 196 g/mol. The Labute approximate surface area is 83.3 Å². The lowest BCUT2D eigenvalue weighted by Gasteiger charge is -2.07. The third-order valence-electron chi connectivity index (χ3n) is 2.37. The number of aromatic nitrogens is 3. The molecule has 0 bridgehead atoms. The van der Waals surface area contributed by atoms with Crippen LogP contribution in [-0.4, -0.2) is 34.0 Å². The summed E-state index contributed by atoms with van der Waals surface area (Å²) in [5.74, 6) is 0.825. The maximum Gasteiger partial charge on any atom is 0.151 e. The maximum atomic E-state index is 5.51. The minimum Gasteiger partial charge on any atom is -0.376 e. The summed E-state index contributed by atoms with van der Waals surface area (Å²) in [7, 11) is 0. The van der Waals surface area contributed by atoms with Gasteiger partial charge in [0.05, 0.1) is 12.6 Å². The van der Waals surface area contributed by atoms with Gasteiger partial charge in [0, 0.05) is 13.0 Å². The van der Waals surface area contributed by atoms with Gasteiger partial charge in [-0.05, 0) is 19.4 Å². The number of hydrogen-bond donors (Lipinski definition) is 1. The van der Waals surface area contributed by atoms with Crippen molar-refractivity contribution in [3.63, 3.8) is 0 Å². The van der Waals surface area contributed by atoms with Crippen LogP contribution in [0.2, 0.25) is 0 Å². The van der Waals surface area contributed by atoms with Gasteiger partial charge < -0.3 is 10.5 Å². The Morgan fingerprint density at radius 1 is 1.64 bits per heavy atom. The lowest BCUT2D eigenvalue weighted by Crippen LogP contribution is -2.15. The van der Waals surface area contributed by atoms with E-state index in [0.717, 1.165) is 38.2 Å². The van der Waals surface area contributed by atoms with E-state index in [1.807, 2.05) is 4.68 Å². The van der Waals surface area contributed by atoms with Gasteiger partial charge >= 0.3 is 0 Å². The van der Waals surface area contributed by atoms with Gasteiger partial charge in [-0.3, -0.25) is 4.68 Å². The Morgan fingerprint density at radius 3 is 3.29 bits per heavy atom. The molecule has 1 saturated heterocycles. The summed E-state index contributed by atoms with van der Waals surface area (Å²) in [5.41, 5.74) is 5.42. The second-order valence-electron chi connectivity index (χ2n) is 3.56. The summed E-state index contributed by atoms with van der Waals surface area (Å²) in [6.07, 6.45) is 5.12. The van der Waals surface area contributed by atoms with Gasteiger partial charge in [0.25, 0.3) is 0 Å². The maximum absolute atomic E-state index is 5.51. The van der Waals surface area contributed by atoms with Crippen LogP contribution in [0.4, 0.5) is 0 Å². The minimum atomic E-state index is 0.322. The Bertz CT molecular complexity index is 280. The molecule has 0 radical (unpaired) electrons. The van der Waals surface area contributed by atoms with Crippen molar-refractivity contribution in [2.75, 3.05) is 13.2 Å². The van der Waals surface area contributed by atoms with Crippen molar-refractivity contribution in [1.82, 2.24) is 14.8 Å². The number of nitrogens with two attached hydrogens (primary N) is 1. The second kappa shape index (κ2) is 4.52. The largest absolute Gasteiger partial charge is 0.376 e. The molecule has 0 spiro atoms. The lowest BCUT2D eigenvalue weighted by molar-refractivity contribution is 0.0938. The van der Waals surface area contributed by atoms with Gasteiger partial charge in [0.15, 0.2) is 5.82 Å². The summed E-state index contributed by atoms with van der Waals surface area (Å²) >= 11 is 0. The highest BCUT2D eigenvalue weighted by Crippen LogP contribution is 2.13. The molecule has 5 nitrogen and oxygen atoms in total. The summed E-state index contributed by atoms with van der Waals surface area (Å²) in [4.78, 5) is 4.16. The highest BCUT2D eigenvalue weighted by molar-refractivity contribution is 4.82. The van der Waals surface area contributed by atoms with E-state index in [-0.39, 0.29) is 0 Å². The smallest absolute Gasteiger partial charge is 0.151 e. The predicted molar refractivity (Wildman–Crippen MR) is 51.8 cm³/mol. The standard InChI is InChI=1S/C9H16N4O/c10-4-3-9-11-7-13(12-9)6-8-2-1-5-14-8/h7-8H,1-6,10H2. The van der Waals surface area contributed by atoms with Crippen molar-refractivity contribution in [3.05, 3.63) is 12.2 Å². The number of hydrogen-bond acceptors (Lipinski definition) is 4. The molecule has 0 saturated carbocycles. The third kappa shape index (κ3) is 2.30. The van der Waals surface area contributed by atoms with Crippen LogP contribution in [0.3, 0.4) is 0 Å². The van der Waals surface area contributed by atoms with Crippen LogP contribution >= 0.6 is 0 Å².